The number of furan rings is 1. The first-order chi connectivity index (χ1) is 12.6. The molecule has 0 bridgehead atoms. The number of fused-ring (bicyclic) bond motifs is 1. The molecule has 0 aliphatic rings. The third-order valence-corrected chi connectivity index (χ3v) is 4.38. The Morgan fingerprint density at radius 1 is 1.08 bits per heavy atom. The number of rotatable bonds is 4. The van der Waals surface area contributed by atoms with Crippen LogP contribution in [-0.4, -0.2) is 10.9 Å². The third kappa shape index (κ3) is 3.55. The maximum absolute atomic E-state index is 12.1. The second kappa shape index (κ2) is 6.80. The first kappa shape index (κ1) is 16.6. The van der Waals surface area contributed by atoms with Crippen LogP contribution in [-0.2, 0) is 6.42 Å². The van der Waals surface area contributed by atoms with E-state index >= 15 is 0 Å². The van der Waals surface area contributed by atoms with Crippen LogP contribution in [0.15, 0.2) is 68.1 Å². The first-order valence-electron chi connectivity index (χ1n) is 8.08. The van der Waals surface area contributed by atoms with Gasteiger partial charge in [-0.05, 0) is 70.4 Å². The lowest BCUT2D eigenvalue weighted by Gasteiger charge is -2.04. The minimum Gasteiger partial charge on any atom is -0.444 e. The Morgan fingerprint density at radius 2 is 1.88 bits per heavy atom. The molecule has 0 radical (unpaired) electrons. The molecule has 0 saturated heterocycles. The van der Waals surface area contributed by atoms with Gasteiger partial charge in [0.25, 0.3) is 5.91 Å². The fourth-order valence-electron chi connectivity index (χ4n) is 2.67. The van der Waals surface area contributed by atoms with Gasteiger partial charge < -0.3 is 14.2 Å². The van der Waals surface area contributed by atoms with Crippen molar-refractivity contribution in [2.75, 3.05) is 5.32 Å². The molecule has 0 spiro atoms. The van der Waals surface area contributed by atoms with E-state index in [0.29, 0.717) is 22.7 Å². The highest BCUT2D eigenvalue weighted by atomic mass is 79.9. The Bertz CT molecular complexity index is 1080. The summed E-state index contributed by atoms with van der Waals surface area (Å²) in [7, 11) is 0. The van der Waals surface area contributed by atoms with E-state index in [2.05, 4.69) is 26.2 Å². The number of benzene rings is 2. The van der Waals surface area contributed by atoms with E-state index in [1.165, 1.54) is 0 Å². The molecule has 1 N–H and O–H groups in total. The molecule has 0 aliphatic heterocycles. The van der Waals surface area contributed by atoms with Crippen molar-refractivity contribution >= 4 is 38.6 Å². The van der Waals surface area contributed by atoms with Crippen molar-refractivity contribution in [3.05, 3.63) is 82.0 Å². The quantitative estimate of drug-likeness (QED) is 0.493. The van der Waals surface area contributed by atoms with Crippen LogP contribution in [0.1, 0.15) is 27.6 Å². The van der Waals surface area contributed by atoms with Crippen molar-refractivity contribution in [1.82, 2.24) is 4.98 Å². The number of hydrogen-bond donors (Lipinski definition) is 1. The van der Waals surface area contributed by atoms with Crippen molar-refractivity contribution in [1.29, 1.82) is 0 Å². The van der Waals surface area contributed by atoms with Gasteiger partial charge in [0.2, 0.25) is 0 Å². The SMILES string of the molecule is Cc1ccc2oc(Cc3ccc(NC(=O)c4ccc(Br)o4)cc3)nc2c1. The summed E-state index contributed by atoms with van der Waals surface area (Å²) in [4.78, 5) is 16.6. The topological polar surface area (TPSA) is 68.3 Å². The van der Waals surface area contributed by atoms with Gasteiger partial charge in [0.05, 0.1) is 0 Å². The molecular formula is C20H15BrN2O3. The molecule has 130 valence electrons. The van der Waals surface area contributed by atoms with E-state index < -0.39 is 0 Å². The molecule has 1 amide bonds. The average Bonchev–Trinajstić information content (AvgIpc) is 3.22. The zero-order valence-electron chi connectivity index (χ0n) is 14.0. The maximum Gasteiger partial charge on any atom is 0.291 e. The molecule has 4 rings (SSSR count). The summed E-state index contributed by atoms with van der Waals surface area (Å²) in [6, 6.07) is 16.8. The number of aromatic nitrogens is 1. The fourth-order valence-corrected chi connectivity index (χ4v) is 2.98. The maximum atomic E-state index is 12.1. The van der Waals surface area contributed by atoms with Crippen molar-refractivity contribution in [2.45, 2.75) is 13.3 Å². The van der Waals surface area contributed by atoms with Gasteiger partial charge in [-0.2, -0.15) is 0 Å². The Kier molecular flexibility index (Phi) is 4.34. The van der Waals surface area contributed by atoms with Crippen molar-refractivity contribution in [3.8, 4) is 0 Å². The molecule has 2 heterocycles. The van der Waals surface area contributed by atoms with E-state index in [9.17, 15) is 4.79 Å². The van der Waals surface area contributed by atoms with Gasteiger partial charge in [0, 0.05) is 12.1 Å². The zero-order chi connectivity index (χ0) is 18.1. The number of hydrogen-bond acceptors (Lipinski definition) is 4. The standard InChI is InChI=1S/C20H15BrN2O3/c1-12-2-7-16-15(10-12)23-19(26-16)11-13-3-5-14(6-4-13)22-20(24)17-8-9-18(21)25-17/h2-10H,11H2,1H3,(H,22,24). The normalized spacial score (nSPS) is 11.0. The highest BCUT2D eigenvalue weighted by Crippen LogP contribution is 2.20. The van der Waals surface area contributed by atoms with Crippen molar-refractivity contribution < 1.29 is 13.6 Å². The molecule has 2 aromatic heterocycles. The molecule has 6 heteroatoms. The molecule has 26 heavy (non-hydrogen) atoms. The number of amides is 1. The van der Waals surface area contributed by atoms with Crippen LogP contribution in [0.5, 0.6) is 0 Å². The van der Waals surface area contributed by atoms with E-state index in [0.717, 1.165) is 22.2 Å². The summed E-state index contributed by atoms with van der Waals surface area (Å²) in [6.45, 7) is 2.03. The molecule has 0 unspecified atom stereocenters. The average molecular weight is 411 g/mol. The van der Waals surface area contributed by atoms with Crippen LogP contribution >= 0.6 is 15.9 Å². The number of anilines is 1. The zero-order valence-corrected chi connectivity index (χ0v) is 15.5. The predicted molar refractivity (Wildman–Crippen MR) is 102 cm³/mol. The molecular weight excluding hydrogens is 396 g/mol. The van der Waals surface area contributed by atoms with Gasteiger partial charge >= 0.3 is 0 Å². The first-order valence-corrected chi connectivity index (χ1v) is 8.88. The van der Waals surface area contributed by atoms with Crippen molar-refractivity contribution in [2.24, 2.45) is 0 Å². The van der Waals surface area contributed by atoms with Gasteiger partial charge in [-0.25, -0.2) is 4.98 Å². The number of aryl methyl sites for hydroxylation is 1. The predicted octanol–water partition coefficient (Wildman–Crippen LogP) is 5.33. The van der Waals surface area contributed by atoms with Gasteiger partial charge in [0.15, 0.2) is 21.9 Å². The summed E-state index contributed by atoms with van der Waals surface area (Å²) in [5.41, 5.74) is 4.56. The summed E-state index contributed by atoms with van der Waals surface area (Å²) in [5, 5.41) is 2.80. The number of halogens is 1. The summed E-state index contributed by atoms with van der Waals surface area (Å²) < 4.78 is 11.5. The highest BCUT2D eigenvalue weighted by molar-refractivity contribution is 9.10. The lowest BCUT2D eigenvalue weighted by atomic mass is 10.1. The molecule has 0 atom stereocenters. The highest BCUT2D eigenvalue weighted by Gasteiger charge is 2.11. The van der Waals surface area contributed by atoms with Gasteiger partial charge in [-0.3, -0.25) is 4.79 Å². The van der Waals surface area contributed by atoms with Crippen LogP contribution in [0.25, 0.3) is 11.1 Å². The molecule has 0 aliphatic carbocycles. The van der Waals surface area contributed by atoms with E-state index in [-0.39, 0.29) is 11.7 Å². The Labute approximate surface area is 158 Å². The fraction of sp³-hybridized carbons (Fsp3) is 0.100. The Balaban J connectivity index is 1.45. The number of carbonyl (C=O) groups is 1. The largest absolute Gasteiger partial charge is 0.444 e. The number of oxazole rings is 1. The monoisotopic (exact) mass is 410 g/mol. The van der Waals surface area contributed by atoms with Crippen LogP contribution in [0.2, 0.25) is 0 Å². The van der Waals surface area contributed by atoms with Crippen LogP contribution in [0.4, 0.5) is 5.69 Å². The minimum absolute atomic E-state index is 0.253. The molecule has 4 aromatic rings. The second-order valence-corrected chi connectivity index (χ2v) is 6.79. The van der Waals surface area contributed by atoms with Crippen LogP contribution < -0.4 is 5.32 Å². The molecule has 0 fully saturated rings. The van der Waals surface area contributed by atoms with Crippen LogP contribution in [0, 0.1) is 6.92 Å². The number of nitrogens with zero attached hydrogens (tertiary/aromatic N) is 1. The minimum atomic E-state index is -0.294. The molecule has 2 aromatic carbocycles. The third-order valence-electron chi connectivity index (χ3n) is 3.95. The number of carbonyl (C=O) groups excluding carboxylic acids is 1. The van der Waals surface area contributed by atoms with E-state index in [1.807, 2.05) is 49.4 Å². The Hall–Kier alpha value is -2.86. The number of nitrogens with one attached hydrogen (secondary N) is 1. The summed E-state index contributed by atoms with van der Waals surface area (Å²) >= 11 is 3.18. The molecule has 0 saturated carbocycles. The Morgan fingerprint density at radius 3 is 2.62 bits per heavy atom. The second-order valence-electron chi connectivity index (χ2n) is 6.01. The van der Waals surface area contributed by atoms with E-state index in [1.54, 1.807) is 12.1 Å². The lowest BCUT2D eigenvalue weighted by molar-refractivity contribution is 0.0995. The van der Waals surface area contributed by atoms with Gasteiger partial charge in [-0.1, -0.05) is 18.2 Å². The molecule has 5 nitrogen and oxygen atoms in total. The van der Waals surface area contributed by atoms with Crippen LogP contribution in [0.3, 0.4) is 0 Å². The summed E-state index contributed by atoms with van der Waals surface area (Å²) in [5.74, 6) is 0.628. The van der Waals surface area contributed by atoms with Gasteiger partial charge in [0.1, 0.15) is 5.52 Å². The van der Waals surface area contributed by atoms with Crippen molar-refractivity contribution in [3.63, 3.8) is 0 Å². The lowest BCUT2D eigenvalue weighted by Crippen LogP contribution is -2.10. The smallest absolute Gasteiger partial charge is 0.291 e. The summed E-state index contributed by atoms with van der Waals surface area (Å²) in [6.07, 6.45) is 0.590. The van der Waals surface area contributed by atoms with E-state index in [4.69, 9.17) is 8.83 Å². The van der Waals surface area contributed by atoms with Gasteiger partial charge in [-0.15, -0.1) is 0 Å².